The lowest BCUT2D eigenvalue weighted by atomic mass is 10.1. The second-order valence-electron chi connectivity index (χ2n) is 5.94. The highest BCUT2D eigenvalue weighted by atomic mass is 19.1. The molecule has 0 spiro atoms. The summed E-state index contributed by atoms with van der Waals surface area (Å²) >= 11 is 0. The van der Waals surface area contributed by atoms with Gasteiger partial charge in [0.2, 0.25) is 11.7 Å². The van der Waals surface area contributed by atoms with Crippen LogP contribution in [0.1, 0.15) is 24.0 Å². The molecule has 26 heavy (non-hydrogen) atoms. The molecule has 0 saturated carbocycles. The fourth-order valence-electron chi connectivity index (χ4n) is 2.55. The number of Topliss-reactive ketones (excluding diaryl/α,β-unsaturated/α-hetero) is 1. The summed E-state index contributed by atoms with van der Waals surface area (Å²) in [5.74, 6) is -3.68. The number of hydrogen-bond donors (Lipinski definition) is 1. The van der Waals surface area contributed by atoms with E-state index in [0.717, 1.165) is 12.0 Å². The highest BCUT2D eigenvalue weighted by molar-refractivity contribution is 6.36. The van der Waals surface area contributed by atoms with E-state index in [-0.39, 0.29) is 12.4 Å². The van der Waals surface area contributed by atoms with Gasteiger partial charge in [-0.1, -0.05) is 42.5 Å². The van der Waals surface area contributed by atoms with Gasteiger partial charge in [0.1, 0.15) is 5.82 Å². The Morgan fingerprint density at radius 1 is 0.923 bits per heavy atom. The molecule has 0 aromatic heterocycles. The first-order chi connectivity index (χ1) is 12.5. The molecule has 2 aromatic rings. The van der Waals surface area contributed by atoms with Crippen LogP contribution in [0.2, 0.25) is 0 Å². The van der Waals surface area contributed by atoms with E-state index in [1.165, 1.54) is 17.0 Å². The molecule has 0 heterocycles. The fraction of sp³-hybridized carbons (Fsp3) is 0.250. The van der Waals surface area contributed by atoms with Crippen LogP contribution < -0.4 is 0 Å². The monoisotopic (exact) mass is 357 g/mol. The molecule has 0 atom stereocenters. The van der Waals surface area contributed by atoms with Gasteiger partial charge in [0.05, 0.1) is 6.42 Å². The van der Waals surface area contributed by atoms with Gasteiger partial charge in [-0.25, -0.2) is 9.18 Å². The van der Waals surface area contributed by atoms with E-state index in [4.69, 9.17) is 5.11 Å². The minimum Gasteiger partial charge on any atom is -0.475 e. The van der Waals surface area contributed by atoms with Gasteiger partial charge in [-0.2, -0.15) is 0 Å². The third-order valence-corrected chi connectivity index (χ3v) is 3.93. The van der Waals surface area contributed by atoms with Gasteiger partial charge in [-0.15, -0.1) is 0 Å². The maximum absolute atomic E-state index is 13.0. The van der Waals surface area contributed by atoms with Gasteiger partial charge in [0.25, 0.3) is 0 Å². The summed E-state index contributed by atoms with van der Waals surface area (Å²) in [5.41, 5.74) is 1.84. The Hall–Kier alpha value is -3.02. The molecule has 0 saturated heterocycles. The highest BCUT2D eigenvalue weighted by Crippen LogP contribution is 2.11. The van der Waals surface area contributed by atoms with Crippen LogP contribution in [0.5, 0.6) is 0 Å². The van der Waals surface area contributed by atoms with Crippen LogP contribution in [0.15, 0.2) is 54.6 Å². The molecule has 1 N–H and O–H groups in total. The number of carboxylic acids is 1. The van der Waals surface area contributed by atoms with Crippen LogP contribution >= 0.6 is 0 Å². The average Bonchev–Trinajstić information content (AvgIpc) is 2.63. The van der Waals surface area contributed by atoms with Crippen molar-refractivity contribution in [3.05, 3.63) is 71.5 Å². The number of amides is 1. The van der Waals surface area contributed by atoms with Crippen molar-refractivity contribution < 1.29 is 23.9 Å². The van der Waals surface area contributed by atoms with Gasteiger partial charge >= 0.3 is 5.97 Å². The predicted octanol–water partition coefficient (Wildman–Crippen LogP) is 2.83. The van der Waals surface area contributed by atoms with Gasteiger partial charge in [0.15, 0.2) is 0 Å². The van der Waals surface area contributed by atoms with Gasteiger partial charge in [-0.3, -0.25) is 9.59 Å². The maximum Gasteiger partial charge on any atom is 0.372 e. The number of carbonyl (C=O) groups is 3. The average molecular weight is 357 g/mol. The first-order valence-corrected chi connectivity index (χ1v) is 8.28. The zero-order valence-electron chi connectivity index (χ0n) is 14.2. The van der Waals surface area contributed by atoms with Crippen molar-refractivity contribution in [3.8, 4) is 0 Å². The van der Waals surface area contributed by atoms with Crippen LogP contribution in [0.25, 0.3) is 0 Å². The van der Waals surface area contributed by atoms with E-state index in [1.54, 1.807) is 12.1 Å². The number of aryl methyl sites for hydroxylation is 1. The van der Waals surface area contributed by atoms with Gasteiger partial charge < -0.3 is 10.0 Å². The Morgan fingerprint density at radius 3 is 2.19 bits per heavy atom. The van der Waals surface area contributed by atoms with E-state index >= 15 is 0 Å². The number of aliphatic carboxylic acids is 1. The first kappa shape index (κ1) is 19.3. The van der Waals surface area contributed by atoms with Crippen molar-refractivity contribution in [2.75, 3.05) is 6.54 Å². The molecule has 0 bridgehead atoms. The number of benzene rings is 2. The van der Waals surface area contributed by atoms with E-state index < -0.39 is 24.1 Å². The third-order valence-electron chi connectivity index (χ3n) is 3.93. The molecule has 0 fully saturated rings. The number of carboxylic acid groups (broad SMARTS) is 1. The SMILES string of the molecule is O=C(O)C(=O)CC(=O)N(CCCc1ccccc1)Cc1ccc(F)cc1. The van der Waals surface area contributed by atoms with Crippen molar-refractivity contribution in [1.82, 2.24) is 4.90 Å². The molecule has 1 amide bonds. The third kappa shape index (κ3) is 6.12. The molecular weight excluding hydrogens is 337 g/mol. The summed E-state index contributed by atoms with van der Waals surface area (Å²) in [5, 5.41) is 8.70. The van der Waals surface area contributed by atoms with Crippen LogP contribution in [0.4, 0.5) is 4.39 Å². The number of nitrogens with zero attached hydrogens (tertiary/aromatic N) is 1. The van der Waals surface area contributed by atoms with Crippen molar-refractivity contribution >= 4 is 17.7 Å². The van der Waals surface area contributed by atoms with E-state index in [0.29, 0.717) is 18.5 Å². The van der Waals surface area contributed by atoms with Gasteiger partial charge in [-0.05, 0) is 36.1 Å². The summed E-state index contributed by atoms with van der Waals surface area (Å²) in [4.78, 5) is 35.8. The second-order valence-corrected chi connectivity index (χ2v) is 5.94. The Labute approximate surface area is 151 Å². The molecular formula is C20H20FNO4. The molecule has 0 aliphatic rings. The lowest BCUT2D eigenvalue weighted by molar-refractivity contribution is -0.151. The maximum atomic E-state index is 13.0. The summed E-state index contributed by atoms with van der Waals surface area (Å²) in [6, 6.07) is 15.5. The first-order valence-electron chi connectivity index (χ1n) is 8.28. The zero-order valence-corrected chi connectivity index (χ0v) is 14.2. The summed E-state index contributed by atoms with van der Waals surface area (Å²) < 4.78 is 13.0. The van der Waals surface area contributed by atoms with Crippen LogP contribution in [0, 0.1) is 5.82 Å². The molecule has 2 aromatic carbocycles. The van der Waals surface area contributed by atoms with E-state index in [9.17, 15) is 18.8 Å². The molecule has 2 rings (SSSR count). The van der Waals surface area contributed by atoms with E-state index in [1.807, 2.05) is 30.3 Å². The van der Waals surface area contributed by atoms with Crippen LogP contribution in [-0.4, -0.2) is 34.2 Å². The lowest BCUT2D eigenvalue weighted by Gasteiger charge is -2.22. The summed E-state index contributed by atoms with van der Waals surface area (Å²) in [7, 11) is 0. The number of hydrogen-bond acceptors (Lipinski definition) is 3. The Kier molecular flexibility index (Phi) is 7.02. The second kappa shape index (κ2) is 9.46. The van der Waals surface area contributed by atoms with E-state index in [2.05, 4.69) is 0 Å². The van der Waals surface area contributed by atoms with Gasteiger partial charge in [0, 0.05) is 13.1 Å². The van der Waals surface area contributed by atoms with Crippen molar-refractivity contribution in [2.45, 2.75) is 25.8 Å². The minimum atomic E-state index is -1.62. The largest absolute Gasteiger partial charge is 0.475 e. The van der Waals surface area contributed by atoms with Crippen LogP contribution in [0.3, 0.4) is 0 Å². The fourth-order valence-corrected chi connectivity index (χ4v) is 2.55. The molecule has 136 valence electrons. The quantitative estimate of drug-likeness (QED) is 0.553. The number of halogens is 1. The van der Waals surface area contributed by atoms with Crippen molar-refractivity contribution in [2.24, 2.45) is 0 Å². The molecule has 0 aliphatic carbocycles. The predicted molar refractivity (Wildman–Crippen MR) is 93.8 cm³/mol. The zero-order chi connectivity index (χ0) is 18.9. The molecule has 0 aliphatic heterocycles. The van der Waals surface area contributed by atoms with Crippen LogP contribution in [-0.2, 0) is 27.3 Å². The molecule has 5 nitrogen and oxygen atoms in total. The Balaban J connectivity index is 2.01. The smallest absolute Gasteiger partial charge is 0.372 e. The number of rotatable bonds is 9. The number of ketones is 1. The topological polar surface area (TPSA) is 74.7 Å². The van der Waals surface area contributed by atoms with Crippen molar-refractivity contribution in [1.29, 1.82) is 0 Å². The van der Waals surface area contributed by atoms with Crippen molar-refractivity contribution in [3.63, 3.8) is 0 Å². The minimum absolute atomic E-state index is 0.195. The molecule has 6 heteroatoms. The molecule has 0 radical (unpaired) electrons. The lowest BCUT2D eigenvalue weighted by Crippen LogP contribution is -2.34. The summed E-state index contributed by atoms with van der Waals surface area (Å²) in [6.07, 6.45) is 0.737. The standard InChI is InChI=1S/C20H20FNO4/c21-17-10-8-16(9-11-17)14-22(19(24)13-18(23)20(25)26)12-4-7-15-5-2-1-3-6-15/h1-3,5-6,8-11H,4,7,12-14H2,(H,25,26). The Bertz CT molecular complexity index is 759. The summed E-state index contributed by atoms with van der Waals surface area (Å²) in [6.45, 7) is 0.568. The normalized spacial score (nSPS) is 10.3. The molecule has 0 unspecified atom stereocenters. The highest BCUT2D eigenvalue weighted by Gasteiger charge is 2.21. The number of carbonyl (C=O) groups excluding carboxylic acids is 2. The Morgan fingerprint density at radius 2 is 1.58 bits per heavy atom.